The second-order valence-corrected chi connectivity index (χ2v) is 10.2. The van der Waals surface area contributed by atoms with E-state index >= 15 is 0 Å². The van der Waals surface area contributed by atoms with Crippen molar-refractivity contribution in [3.8, 4) is 5.75 Å². The van der Waals surface area contributed by atoms with Crippen LogP contribution in [0, 0.1) is 11.7 Å². The van der Waals surface area contributed by atoms with Crippen LogP contribution in [-0.4, -0.2) is 72.5 Å². The normalized spacial score (nSPS) is 22.0. The number of carbonyl (C=O) groups is 1. The molecule has 2 N–H and O–H groups in total. The van der Waals surface area contributed by atoms with Crippen molar-refractivity contribution in [1.29, 1.82) is 0 Å². The molecule has 0 radical (unpaired) electrons. The van der Waals surface area contributed by atoms with Crippen molar-refractivity contribution < 1.29 is 13.9 Å². The molecule has 2 aromatic carbocycles. The lowest BCUT2D eigenvalue weighted by Gasteiger charge is -2.39. The Labute approximate surface area is 215 Å². The minimum Gasteiger partial charge on any atom is -0.493 e. The van der Waals surface area contributed by atoms with E-state index in [0.29, 0.717) is 56.7 Å². The van der Waals surface area contributed by atoms with Gasteiger partial charge in [-0.2, -0.15) is 0 Å². The number of benzene rings is 2. The minimum absolute atomic E-state index is 0.0663. The van der Waals surface area contributed by atoms with Crippen LogP contribution in [0.2, 0.25) is 0 Å². The molecule has 2 aromatic rings. The molecule has 1 aliphatic heterocycles. The Kier molecular flexibility index (Phi) is 9.35. The quantitative estimate of drug-likeness (QED) is 0.571. The van der Waals surface area contributed by atoms with Crippen LogP contribution in [0.25, 0.3) is 0 Å². The van der Waals surface area contributed by atoms with Gasteiger partial charge in [0.05, 0.1) is 12.6 Å². The second kappa shape index (κ2) is 12.7. The summed E-state index contributed by atoms with van der Waals surface area (Å²) in [6, 6.07) is 15.6. The minimum atomic E-state index is -0.437. The number of rotatable bonds is 9. The fourth-order valence-corrected chi connectivity index (χ4v) is 5.65. The topological polar surface area (TPSA) is 62.0 Å². The summed E-state index contributed by atoms with van der Waals surface area (Å²) in [5, 5.41) is 0. The number of amides is 1. The fraction of sp³-hybridized carbons (Fsp3) is 0.552. The third kappa shape index (κ3) is 6.64. The zero-order valence-corrected chi connectivity index (χ0v) is 21.7. The number of piperazine rings is 1. The Morgan fingerprint density at radius 1 is 1.06 bits per heavy atom. The molecular formula is C29H41FN4O2. The van der Waals surface area contributed by atoms with Crippen molar-refractivity contribution in [3.63, 3.8) is 0 Å². The summed E-state index contributed by atoms with van der Waals surface area (Å²) in [5.41, 5.74) is 8.43. The van der Waals surface area contributed by atoms with Crippen molar-refractivity contribution in [1.82, 2.24) is 14.7 Å². The molecule has 0 unspecified atom stereocenters. The summed E-state index contributed by atoms with van der Waals surface area (Å²) in [5.74, 6) is 0.662. The summed E-state index contributed by atoms with van der Waals surface area (Å²) < 4.78 is 20.1. The summed E-state index contributed by atoms with van der Waals surface area (Å²) in [6.45, 7) is 6.49. The maximum absolute atomic E-state index is 14.4. The molecule has 1 amide bonds. The molecule has 6 nitrogen and oxygen atoms in total. The molecule has 0 aromatic heterocycles. The molecule has 196 valence electrons. The number of hydrogen-bond acceptors (Lipinski definition) is 5. The number of ether oxygens (including phenoxy) is 1. The van der Waals surface area contributed by atoms with E-state index in [1.807, 2.05) is 24.0 Å². The van der Waals surface area contributed by atoms with Crippen LogP contribution in [0.5, 0.6) is 5.75 Å². The molecule has 2 aliphatic rings. The third-order valence-corrected chi connectivity index (χ3v) is 7.87. The number of nitrogens with zero attached hydrogens (tertiary/aromatic N) is 3. The Morgan fingerprint density at radius 3 is 2.42 bits per heavy atom. The second-order valence-electron chi connectivity index (χ2n) is 10.2. The van der Waals surface area contributed by atoms with Gasteiger partial charge in [0.25, 0.3) is 0 Å². The predicted octanol–water partition coefficient (Wildman–Crippen LogP) is 3.89. The van der Waals surface area contributed by atoms with Gasteiger partial charge in [-0.25, -0.2) is 4.39 Å². The van der Waals surface area contributed by atoms with E-state index in [1.165, 1.54) is 11.6 Å². The first-order chi connectivity index (χ1) is 17.5. The van der Waals surface area contributed by atoms with Crippen molar-refractivity contribution >= 4 is 5.91 Å². The maximum atomic E-state index is 14.4. The summed E-state index contributed by atoms with van der Waals surface area (Å²) in [4.78, 5) is 19.7. The van der Waals surface area contributed by atoms with E-state index in [0.717, 1.165) is 32.2 Å². The molecule has 1 heterocycles. The molecule has 0 spiro atoms. The first kappa shape index (κ1) is 26.6. The van der Waals surface area contributed by atoms with Gasteiger partial charge in [-0.3, -0.25) is 14.6 Å². The fourth-order valence-electron chi connectivity index (χ4n) is 5.65. The van der Waals surface area contributed by atoms with Gasteiger partial charge in [0, 0.05) is 50.9 Å². The van der Waals surface area contributed by atoms with Crippen molar-refractivity contribution in [3.05, 3.63) is 65.5 Å². The Morgan fingerprint density at radius 2 is 1.75 bits per heavy atom. The molecular weight excluding hydrogens is 455 g/mol. The molecule has 36 heavy (non-hydrogen) atoms. The van der Waals surface area contributed by atoms with E-state index in [4.69, 9.17) is 10.5 Å². The number of halogens is 1. The molecule has 7 heteroatoms. The Balaban J connectivity index is 1.23. The van der Waals surface area contributed by atoms with E-state index < -0.39 is 6.04 Å². The van der Waals surface area contributed by atoms with E-state index in [2.05, 4.69) is 41.1 Å². The molecule has 0 bridgehead atoms. The summed E-state index contributed by atoms with van der Waals surface area (Å²) >= 11 is 0. The number of nitrogens with two attached hydrogens (primary N) is 1. The number of hydrogen-bond donors (Lipinski definition) is 1. The van der Waals surface area contributed by atoms with Crippen LogP contribution in [0.4, 0.5) is 4.39 Å². The highest BCUT2D eigenvalue weighted by Gasteiger charge is 2.34. The van der Waals surface area contributed by atoms with Crippen molar-refractivity contribution in [2.75, 3.05) is 39.8 Å². The summed E-state index contributed by atoms with van der Waals surface area (Å²) in [7, 11) is 2.20. The van der Waals surface area contributed by atoms with Crippen LogP contribution in [0.1, 0.15) is 43.7 Å². The van der Waals surface area contributed by atoms with Gasteiger partial charge in [0.1, 0.15) is 11.6 Å². The highest BCUT2D eigenvalue weighted by atomic mass is 19.1. The average Bonchev–Trinajstić information content (AvgIpc) is 2.91. The number of carbonyl (C=O) groups excluding carboxylic acids is 1. The highest BCUT2D eigenvalue weighted by molar-refractivity contribution is 5.82. The smallest absolute Gasteiger partial charge is 0.239 e. The van der Waals surface area contributed by atoms with Gasteiger partial charge in [-0.15, -0.1) is 0 Å². The molecule has 1 aliphatic carbocycles. The molecule has 1 saturated heterocycles. The lowest BCUT2D eigenvalue weighted by Crippen LogP contribution is -2.55. The van der Waals surface area contributed by atoms with Crippen LogP contribution >= 0.6 is 0 Å². The van der Waals surface area contributed by atoms with Gasteiger partial charge >= 0.3 is 0 Å². The van der Waals surface area contributed by atoms with Gasteiger partial charge < -0.3 is 15.4 Å². The van der Waals surface area contributed by atoms with Gasteiger partial charge in [-0.05, 0) is 63.3 Å². The van der Waals surface area contributed by atoms with Crippen LogP contribution < -0.4 is 10.5 Å². The van der Waals surface area contributed by atoms with Gasteiger partial charge in [0.2, 0.25) is 5.91 Å². The van der Waals surface area contributed by atoms with Gasteiger partial charge in [0.15, 0.2) is 0 Å². The Hall–Kier alpha value is -2.48. The SMILES string of the molecule is CCOc1cccc(F)c1CN1CCN(C(=O)[C@H](N)C2CCC(N(C)Cc3ccccc3)CC2)CC1. The monoisotopic (exact) mass is 496 g/mol. The Bertz CT molecular complexity index is 972. The lowest BCUT2D eigenvalue weighted by molar-refractivity contribution is -0.136. The van der Waals surface area contributed by atoms with E-state index in [1.54, 1.807) is 6.07 Å². The predicted molar refractivity (Wildman–Crippen MR) is 141 cm³/mol. The largest absolute Gasteiger partial charge is 0.493 e. The molecule has 2 fully saturated rings. The maximum Gasteiger partial charge on any atom is 0.239 e. The highest BCUT2D eigenvalue weighted by Crippen LogP contribution is 2.30. The van der Waals surface area contributed by atoms with Crippen molar-refractivity contribution in [2.24, 2.45) is 11.7 Å². The zero-order chi connectivity index (χ0) is 25.5. The lowest BCUT2D eigenvalue weighted by atomic mass is 9.80. The molecule has 1 atom stereocenters. The van der Waals surface area contributed by atoms with Gasteiger partial charge in [-0.1, -0.05) is 36.4 Å². The standard InChI is InChI=1S/C29H41FN4O2/c1-3-36-27-11-7-10-26(30)25(27)21-33-16-18-34(19-17-33)29(35)28(31)23-12-14-24(15-13-23)32(2)20-22-8-5-4-6-9-22/h4-11,23-24,28H,3,12-21,31H2,1-2H3/t23?,24?,28-/m1/s1. The van der Waals surface area contributed by atoms with Crippen molar-refractivity contribution in [2.45, 2.75) is 57.8 Å². The molecule has 4 rings (SSSR count). The van der Waals surface area contributed by atoms with Crippen LogP contribution in [-0.2, 0) is 17.9 Å². The van der Waals surface area contributed by atoms with Crippen LogP contribution in [0.15, 0.2) is 48.5 Å². The summed E-state index contributed by atoms with van der Waals surface area (Å²) in [6.07, 6.45) is 4.13. The first-order valence-electron chi connectivity index (χ1n) is 13.4. The average molecular weight is 497 g/mol. The van der Waals surface area contributed by atoms with E-state index in [9.17, 15) is 9.18 Å². The van der Waals surface area contributed by atoms with Crippen LogP contribution in [0.3, 0.4) is 0 Å². The molecule has 1 saturated carbocycles. The van der Waals surface area contributed by atoms with E-state index in [-0.39, 0.29) is 17.6 Å². The zero-order valence-electron chi connectivity index (χ0n) is 21.7. The first-order valence-corrected chi connectivity index (χ1v) is 13.4. The third-order valence-electron chi connectivity index (χ3n) is 7.87.